The minimum atomic E-state index is -0.135. The van der Waals surface area contributed by atoms with Crippen LogP contribution in [0.5, 0.6) is 0 Å². The van der Waals surface area contributed by atoms with Crippen LogP contribution in [0.1, 0.15) is 49.4 Å². The van der Waals surface area contributed by atoms with E-state index < -0.39 is 0 Å². The van der Waals surface area contributed by atoms with Crippen LogP contribution < -0.4 is 15.5 Å². The molecule has 2 N–H and O–H groups in total. The number of carbonyl (C=O) groups is 2. The lowest BCUT2D eigenvalue weighted by Crippen LogP contribution is -2.33. The van der Waals surface area contributed by atoms with Crippen molar-refractivity contribution in [3.05, 3.63) is 23.8 Å². The van der Waals surface area contributed by atoms with Crippen LogP contribution >= 0.6 is 0 Å². The van der Waals surface area contributed by atoms with Gasteiger partial charge in [0, 0.05) is 44.5 Å². The van der Waals surface area contributed by atoms with Gasteiger partial charge in [0.15, 0.2) is 0 Å². The smallest absolute Gasteiger partial charge is 0.253 e. The average Bonchev–Trinajstić information content (AvgIpc) is 2.62. The molecular weight excluding hydrogens is 318 g/mol. The summed E-state index contributed by atoms with van der Waals surface area (Å²) < 4.78 is 5.00. The maximum atomic E-state index is 12.6. The fourth-order valence-electron chi connectivity index (χ4n) is 3.02. The summed E-state index contributed by atoms with van der Waals surface area (Å²) in [6.07, 6.45) is 4.78. The van der Waals surface area contributed by atoms with Crippen molar-refractivity contribution in [1.82, 2.24) is 5.32 Å². The second-order valence-corrected chi connectivity index (χ2v) is 6.33. The molecule has 0 atom stereocenters. The zero-order valence-electron chi connectivity index (χ0n) is 15.3. The second kappa shape index (κ2) is 10.0. The van der Waals surface area contributed by atoms with Crippen molar-refractivity contribution in [2.24, 2.45) is 0 Å². The largest absolute Gasteiger partial charge is 0.383 e. The van der Waals surface area contributed by atoms with Crippen LogP contribution in [-0.4, -0.2) is 45.2 Å². The summed E-state index contributed by atoms with van der Waals surface area (Å²) in [5, 5.41) is 5.76. The van der Waals surface area contributed by atoms with Crippen molar-refractivity contribution in [3.63, 3.8) is 0 Å². The van der Waals surface area contributed by atoms with Crippen LogP contribution in [0, 0.1) is 0 Å². The van der Waals surface area contributed by atoms with E-state index in [1.807, 2.05) is 19.1 Å². The van der Waals surface area contributed by atoms with E-state index in [0.717, 1.165) is 38.0 Å². The number of hydrogen-bond acceptors (Lipinski definition) is 4. The first-order chi connectivity index (χ1) is 12.2. The Hall–Kier alpha value is -2.08. The Bertz CT molecular complexity index is 583. The number of nitrogens with one attached hydrogen (secondary N) is 2. The molecule has 25 heavy (non-hydrogen) atoms. The molecule has 0 spiro atoms. The molecule has 1 aliphatic rings. The van der Waals surface area contributed by atoms with Gasteiger partial charge in [-0.2, -0.15) is 0 Å². The molecule has 1 heterocycles. The van der Waals surface area contributed by atoms with Gasteiger partial charge >= 0.3 is 0 Å². The molecule has 1 saturated heterocycles. The Kier molecular flexibility index (Phi) is 7.73. The third-order valence-electron chi connectivity index (χ3n) is 4.29. The van der Waals surface area contributed by atoms with Gasteiger partial charge in [0.25, 0.3) is 5.91 Å². The van der Waals surface area contributed by atoms with E-state index in [9.17, 15) is 9.59 Å². The molecule has 0 unspecified atom stereocenters. The number of piperidine rings is 1. The van der Waals surface area contributed by atoms with Gasteiger partial charge in [-0.15, -0.1) is 0 Å². The van der Waals surface area contributed by atoms with E-state index in [4.69, 9.17) is 4.74 Å². The maximum Gasteiger partial charge on any atom is 0.253 e. The summed E-state index contributed by atoms with van der Waals surface area (Å²) in [6, 6.07) is 5.60. The zero-order chi connectivity index (χ0) is 18.1. The number of carbonyl (C=O) groups excluding carboxylic acids is 2. The van der Waals surface area contributed by atoms with Gasteiger partial charge in [-0.05, 0) is 43.9 Å². The van der Waals surface area contributed by atoms with E-state index >= 15 is 0 Å². The van der Waals surface area contributed by atoms with Crippen molar-refractivity contribution in [3.8, 4) is 0 Å². The minimum Gasteiger partial charge on any atom is -0.383 e. The first kappa shape index (κ1) is 19.2. The Balaban J connectivity index is 2.21. The first-order valence-electron chi connectivity index (χ1n) is 9.11. The number of anilines is 2. The molecule has 2 rings (SSSR count). The predicted molar refractivity (Wildman–Crippen MR) is 100 cm³/mol. The van der Waals surface area contributed by atoms with E-state index in [1.165, 1.54) is 6.42 Å². The van der Waals surface area contributed by atoms with Gasteiger partial charge in [-0.1, -0.05) is 6.92 Å². The van der Waals surface area contributed by atoms with Crippen LogP contribution in [-0.2, 0) is 9.53 Å². The summed E-state index contributed by atoms with van der Waals surface area (Å²) >= 11 is 0. The van der Waals surface area contributed by atoms with Crippen LogP contribution in [0.3, 0.4) is 0 Å². The normalized spacial score (nSPS) is 14.2. The first-order valence-corrected chi connectivity index (χ1v) is 9.11. The molecule has 0 aromatic heterocycles. The van der Waals surface area contributed by atoms with E-state index in [1.54, 1.807) is 13.2 Å². The summed E-state index contributed by atoms with van der Waals surface area (Å²) in [6.45, 7) is 4.81. The predicted octanol–water partition coefficient (Wildman–Crippen LogP) is 2.79. The van der Waals surface area contributed by atoms with Gasteiger partial charge in [0.1, 0.15) is 0 Å². The molecule has 0 radical (unpaired) electrons. The van der Waals surface area contributed by atoms with E-state index in [-0.39, 0.29) is 11.8 Å². The van der Waals surface area contributed by atoms with Crippen LogP contribution in [0.4, 0.5) is 11.4 Å². The minimum absolute atomic E-state index is 0.0287. The van der Waals surface area contributed by atoms with Crippen molar-refractivity contribution in [2.45, 2.75) is 39.0 Å². The number of ether oxygens (including phenoxy) is 1. The molecule has 1 fully saturated rings. The second-order valence-electron chi connectivity index (χ2n) is 6.33. The maximum absolute atomic E-state index is 12.6. The van der Waals surface area contributed by atoms with Crippen molar-refractivity contribution in [2.75, 3.05) is 43.6 Å². The lowest BCUT2D eigenvalue weighted by atomic mass is 10.1. The summed E-state index contributed by atoms with van der Waals surface area (Å²) in [4.78, 5) is 26.7. The average molecular weight is 347 g/mol. The summed E-state index contributed by atoms with van der Waals surface area (Å²) in [5.74, 6) is -0.164. The fraction of sp³-hybridized carbons (Fsp3) is 0.579. The highest BCUT2D eigenvalue weighted by Crippen LogP contribution is 2.27. The highest BCUT2D eigenvalue weighted by molar-refractivity contribution is 6.02. The van der Waals surface area contributed by atoms with Crippen LogP contribution in [0.2, 0.25) is 0 Å². The Morgan fingerprint density at radius 1 is 1.20 bits per heavy atom. The zero-order valence-corrected chi connectivity index (χ0v) is 15.3. The van der Waals surface area contributed by atoms with Gasteiger partial charge in [-0.25, -0.2) is 0 Å². The summed E-state index contributed by atoms with van der Waals surface area (Å²) in [5.41, 5.74) is 2.20. The topological polar surface area (TPSA) is 70.7 Å². The molecule has 6 nitrogen and oxygen atoms in total. The van der Waals surface area contributed by atoms with Gasteiger partial charge in [-0.3, -0.25) is 9.59 Å². The lowest BCUT2D eigenvalue weighted by molar-refractivity contribution is -0.116. The molecule has 6 heteroatoms. The van der Waals surface area contributed by atoms with Crippen molar-refractivity contribution < 1.29 is 14.3 Å². The van der Waals surface area contributed by atoms with Gasteiger partial charge < -0.3 is 20.3 Å². The summed E-state index contributed by atoms with van der Waals surface area (Å²) in [7, 11) is 1.61. The number of hydrogen-bond donors (Lipinski definition) is 2. The highest BCUT2D eigenvalue weighted by atomic mass is 16.5. The molecular formula is C19H29N3O3. The molecule has 1 aromatic rings. The Labute approximate surface area is 149 Å². The SMILES string of the molecule is CCCC(=O)Nc1ccc(N2CCCCC2)c(C(=O)NCCOC)c1. The number of benzene rings is 1. The van der Waals surface area contributed by atoms with Crippen molar-refractivity contribution >= 4 is 23.2 Å². The Morgan fingerprint density at radius 2 is 1.96 bits per heavy atom. The highest BCUT2D eigenvalue weighted by Gasteiger charge is 2.19. The molecule has 0 bridgehead atoms. The Morgan fingerprint density at radius 3 is 2.64 bits per heavy atom. The van der Waals surface area contributed by atoms with Gasteiger partial charge in [0.05, 0.1) is 12.2 Å². The van der Waals surface area contributed by atoms with Crippen molar-refractivity contribution in [1.29, 1.82) is 0 Å². The third kappa shape index (κ3) is 5.74. The van der Waals surface area contributed by atoms with E-state index in [0.29, 0.717) is 30.8 Å². The molecule has 1 aromatic carbocycles. The fourth-order valence-corrected chi connectivity index (χ4v) is 3.02. The number of rotatable bonds is 8. The number of amides is 2. The molecule has 0 saturated carbocycles. The molecule has 138 valence electrons. The standard InChI is InChI=1S/C19H29N3O3/c1-3-7-18(23)21-15-8-9-17(22-11-5-4-6-12-22)16(14-15)19(24)20-10-13-25-2/h8-9,14H,3-7,10-13H2,1-2H3,(H,20,24)(H,21,23). The molecule has 2 amide bonds. The number of nitrogens with zero attached hydrogens (tertiary/aromatic N) is 1. The monoisotopic (exact) mass is 347 g/mol. The number of methoxy groups -OCH3 is 1. The molecule has 1 aliphatic heterocycles. The van der Waals surface area contributed by atoms with Gasteiger partial charge in [0.2, 0.25) is 5.91 Å². The van der Waals surface area contributed by atoms with Crippen LogP contribution in [0.25, 0.3) is 0 Å². The third-order valence-corrected chi connectivity index (χ3v) is 4.29. The van der Waals surface area contributed by atoms with E-state index in [2.05, 4.69) is 15.5 Å². The van der Waals surface area contributed by atoms with Crippen LogP contribution in [0.15, 0.2) is 18.2 Å². The quantitative estimate of drug-likeness (QED) is 0.710. The lowest BCUT2D eigenvalue weighted by Gasteiger charge is -2.30. The molecule has 0 aliphatic carbocycles.